The third kappa shape index (κ3) is 2.97. The van der Waals surface area contributed by atoms with Gasteiger partial charge in [-0.1, -0.05) is 25.4 Å². The Hall–Kier alpha value is -1.87. The van der Waals surface area contributed by atoms with Crippen molar-refractivity contribution in [2.45, 2.75) is 49.3 Å². The van der Waals surface area contributed by atoms with Crippen LogP contribution in [0.5, 0.6) is 0 Å². The van der Waals surface area contributed by atoms with Crippen molar-refractivity contribution in [1.29, 1.82) is 0 Å². The van der Waals surface area contributed by atoms with Crippen LogP contribution in [0.2, 0.25) is 0 Å². The number of hydrogen-bond acceptors (Lipinski definition) is 5. The summed E-state index contributed by atoms with van der Waals surface area (Å²) >= 11 is 0. The fraction of sp³-hybridized carbons (Fsp3) is 0.556. The molecule has 146 valence electrons. The molecule has 0 radical (unpaired) electrons. The molecular formula is C18H21F2N3O3S. The van der Waals surface area contributed by atoms with Crippen LogP contribution in [0.25, 0.3) is 0 Å². The van der Waals surface area contributed by atoms with Gasteiger partial charge in [-0.15, -0.1) is 0 Å². The van der Waals surface area contributed by atoms with Gasteiger partial charge in [0, 0.05) is 25.1 Å². The minimum absolute atomic E-state index is 0.0586. The van der Waals surface area contributed by atoms with E-state index in [1.54, 1.807) is 0 Å². The number of halogens is 2. The van der Waals surface area contributed by atoms with Gasteiger partial charge >= 0.3 is 0 Å². The molecule has 0 N–H and O–H groups in total. The molecule has 1 aromatic heterocycles. The van der Waals surface area contributed by atoms with Crippen molar-refractivity contribution in [3.05, 3.63) is 41.5 Å². The van der Waals surface area contributed by atoms with Crippen LogP contribution in [0.1, 0.15) is 50.7 Å². The molecule has 4 rings (SSSR count). The van der Waals surface area contributed by atoms with Gasteiger partial charge in [0.15, 0.2) is 5.82 Å². The summed E-state index contributed by atoms with van der Waals surface area (Å²) in [4.78, 5) is 4.15. The lowest BCUT2D eigenvalue weighted by atomic mass is 9.80. The van der Waals surface area contributed by atoms with E-state index in [1.807, 2.05) is 13.8 Å². The fourth-order valence-electron chi connectivity index (χ4n) is 4.29. The van der Waals surface area contributed by atoms with Crippen molar-refractivity contribution < 1.29 is 21.7 Å². The molecule has 0 bridgehead atoms. The molecule has 6 nitrogen and oxygen atoms in total. The number of sulfonamides is 1. The third-order valence-corrected chi connectivity index (χ3v) is 7.48. The number of nitrogens with zero attached hydrogens (tertiary/aromatic N) is 3. The van der Waals surface area contributed by atoms with Crippen LogP contribution in [-0.4, -0.2) is 36.0 Å². The lowest BCUT2D eigenvalue weighted by molar-refractivity contribution is 0.324. The van der Waals surface area contributed by atoms with E-state index in [0.29, 0.717) is 17.8 Å². The first-order chi connectivity index (χ1) is 12.7. The van der Waals surface area contributed by atoms with Crippen LogP contribution in [0.3, 0.4) is 0 Å². The smallest absolute Gasteiger partial charge is 0.243 e. The van der Waals surface area contributed by atoms with Crippen molar-refractivity contribution in [1.82, 2.24) is 14.4 Å². The standard InChI is InChI=1S/C18H21F2N3O3S/c1-11(2)16-21-17(22-26-16)18-5-3-4-12(18)9-23(10-18)27(24,25)15-7-13(19)6-14(20)8-15/h6-8,11-12H,3-5,9-10H2,1-2H3/t12-,18-/m1/s1. The van der Waals surface area contributed by atoms with E-state index in [4.69, 9.17) is 4.52 Å². The first-order valence-electron chi connectivity index (χ1n) is 9.03. The summed E-state index contributed by atoms with van der Waals surface area (Å²) in [5.41, 5.74) is -0.504. The molecule has 1 aliphatic heterocycles. The summed E-state index contributed by atoms with van der Waals surface area (Å²) in [6.07, 6.45) is 2.58. The van der Waals surface area contributed by atoms with Crippen LogP contribution < -0.4 is 0 Å². The number of aromatic nitrogens is 2. The summed E-state index contributed by atoms with van der Waals surface area (Å²) in [5, 5.41) is 4.14. The topological polar surface area (TPSA) is 76.3 Å². The molecule has 1 aliphatic carbocycles. The highest BCUT2D eigenvalue weighted by Crippen LogP contribution is 2.50. The largest absolute Gasteiger partial charge is 0.339 e. The molecule has 1 saturated heterocycles. The van der Waals surface area contributed by atoms with Crippen molar-refractivity contribution in [2.75, 3.05) is 13.1 Å². The lowest BCUT2D eigenvalue weighted by Crippen LogP contribution is -2.35. The minimum atomic E-state index is -4.01. The summed E-state index contributed by atoms with van der Waals surface area (Å²) < 4.78 is 59.7. The van der Waals surface area contributed by atoms with Gasteiger partial charge in [-0.2, -0.15) is 9.29 Å². The third-order valence-electron chi connectivity index (χ3n) is 5.69. The van der Waals surface area contributed by atoms with Crippen molar-refractivity contribution >= 4 is 10.0 Å². The molecule has 2 heterocycles. The van der Waals surface area contributed by atoms with E-state index < -0.39 is 27.1 Å². The Labute approximate surface area is 156 Å². The average molecular weight is 397 g/mol. The molecule has 27 heavy (non-hydrogen) atoms. The Balaban J connectivity index is 1.69. The van der Waals surface area contributed by atoms with Crippen LogP contribution in [0, 0.1) is 17.6 Å². The second kappa shape index (κ2) is 6.34. The van der Waals surface area contributed by atoms with Crippen molar-refractivity contribution in [3.63, 3.8) is 0 Å². The first-order valence-corrected chi connectivity index (χ1v) is 10.5. The second-order valence-corrected chi connectivity index (χ2v) is 9.70. The zero-order valence-electron chi connectivity index (χ0n) is 15.2. The van der Waals surface area contributed by atoms with Gasteiger partial charge in [-0.3, -0.25) is 0 Å². The van der Waals surface area contributed by atoms with Crippen LogP contribution in [0.4, 0.5) is 8.78 Å². The molecule has 0 amide bonds. The van der Waals surface area contributed by atoms with Crippen LogP contribution >= 0.6 is 0 Å². The van der Waals surface area contributed by atoms with E-state index in [0.717, 1.165) is 31.4 Å². The molecule has 0 unspecified atom stereocenters. The van der Waals surface area contributed by atoms with Crippen LogP contribution in [0.15, 0.2) is 27.6 Å². The normalized spacial score (nSPS) is 26.0. The van der Waals surface area contributed by atoms with Gasteiger partial charge in [-0.05, 0) is 30.9 Å². The Morgan fingerprint density at radius 2 is 1.96 bits per heavy atom. The van der Waals surface area contributed by atoms with E-state index in [1.165, 1.54) is 4.31 Å². The zero-order valence-corrected chi connectivity index (χ0v) is 16.0. The molecule has 2 atom stereocenters. The maximum absolute atomic E-state index is 13.5. The molecule has 9 heteroatoms. The zero-order chi connectivity index (χ0) is 19.4. The molecular weight excluding hydrogens is 376 g/mol. The molecule has 1 aromatic carbocycles. The molecule has 2 aromatic rings. The number of hydrogen-bond donors (Lipinski definition) is 0. The van der Waals surface area contributed by atoms with Gasteiger partial charge in [0.25, 0.3) is 0 Å². The SMILES string of the molecule is CC(C)c1nc([C@@]23CCC[C@@H]2CN(S(=O)(=O)c2cc(F)cc(F)c2)C3)no1. The lowest BCUT2D eigenvalue weighted by Gasteiger charge is -2.24. The Morgan fingerprint density at radius 3 is 2.59 bits per heavy atom. The van der Waals surface area contributed by atoms with E-state index >= 15 is 0 Å². The summed E-state index contributed by atoms with van der Waals surface area (Å²) in [5.74, 6) is -0.623. The maximum Gasteiger partial charge on any atom is 0.243 e. The monoisotopic (exact) mass is 397 g/mol. The number of rotatable bonds is 4. The predicted octanol–water partition coefficient (Wildman–Crippen LogP) is 3.21. The van der Waals surface area contributed by atoms with Gasteiger partial charge in [0.2, 0.25) is 15.9 Å². The molecule has 2 aliphatic rings. The summed E-state index contributed by atoms with van der Waals surface area (Å²) in [6, 6.07) is 2.36. The highest BCUT2D eigenvalue weighted by atomic mass is 32.2. The van der Waals surface area contributed by atoms with E-state index in [2.05, 4.69) is 10.1 Å². The average Bonchev–Trinajstić information content (AvgIpc) is 3.27. The minimum Gasteiger partial charge on any atom is -0.339 e. The predicted molar refractivity (Wildman–Crippen MR) is 92.5 cm³/mol. The first kappa shape index (κ1) is 18.5. The number of fused-ring (bicyclic) bond motifs is 1. The highest BCUT2D eigenvalue weighted by Gasteiger charge is 2.56. The fourth-order valence-corrected chi connectivity index (χ4v) is 5.89. The maximum atomic E-state index is 13.5. The van der Waals surface area contributed by atoms with Crippen molar-refractivity contribution in [2.24, 2.45) is 5.92 Å². The van der Waals surface area contributed by atoms with Crippen LogP contribution in [-0.2, 0) is 15.4 Å². The Kier molecular flexibility index (Phi) is 4.34. The second-order valence-electron chi connectivity index (χ2n) is 7.76. The van der Waals surface area contributed by atoms with Crippen molar-refractivity contribution in [3.8, 4) is 0 Å². The highest BCUT2D eigenvalue weighted by molar-refractivity contribution is 7.89. The van der Waals surface area contributed by atoms with E-state index in [-0.39, 0.29) is 29.8 Å². The quantitative estimate of drug-likeness (QED) is 0.792. The Bertz CT molecular complexity index is 956. The van der Waals surface area contributed by atoms with Gasteiger partial charge in [0.1, 0.15) is 11.6 Å². The van der Waals surface area contributed by atoms with Gasteiger partial charge in [0.05, 0.1) is 10.3 Å². The summed E-state index contributed by atoms with van der Waals surface area (Å²) in [6.45, 7) is 4.37. The summed E-state index contributed by atoms with van der Waals surface area (Å²) in [7, 11) is -4.01. The molecule has 0 spiro atoms. The van der Waals surface area contributed by atoms with E-state index in [9.17, 15) is 17.2 Å². The molecule has 1 saturated carbocycles. The number of benzene rings is 1. The molecule has 2 fully saturated rings. The Morgan fingerprint density at radius 1 is 1.26 bits per heavy atom. The van der Waals surface area contributed by atoms with Gasteiger partial charge < -0.3 is 4.52 Å². The van der Waals surface area contributed by atoms with Gasteiger partial charge in [-0.25, -0.2) is 17.2 Å².